The minimum absolute atomic E-state index is 0.0319. The lowest BCUT2D eigenvalue weighted by atomic mass is 10.00. The van der Waals surface area contributed by atoms with Crippen molar-refractivity contribution in [2.45, 2.75) is 125 Å². The number of para-hydroxylation sites is 2. The number of rotatable bonds is 27. The van der Waals surface area contributed by atoms with E-state index in [2.05, 4.69) is 67.1 Å². The SMILES string of the molecule is C[C@H](O)[C@H](NC(=O)[C@@H]1CCCN1C(=O)[C@H](Cc1ccccc1)NC(=O)[C@H](Cc1c[nH]c2ccccc12)NC(=O)[C@H](Cc1c[nH]c2ccccc12)NC(=O)[C@@H]1CCCN1C(=O)[C@@H](N)CS)C(=O)N[C@@H](CCC(N)=O)C(=O)N[C@@H](CS)C(=O)O. The molecule has 2 aliphatic heterocycles. The van der Waals surface area contributed by atoms with Crippen molar-refractivity contribution < 1.29 is 58.2 Å². The second-order valence-electron chi connectivity index (χ2n) is 20.5. The summed E-state index contributed by atoms with van der Waals surface area (Å²) in [5.41, 5.74) is 14.8. The minimum Gasteiger partial charge on any atom is -0.480 e. The molecule has 2 aromatic heterocycles. The number of carbonyl (C=O) groups excluding carboxylic acids is 9. The third-order valence-corrected chi connectivity index (χ3v) is 15.5. The number of nitrogens with two attached hydrogens (primary N) is 2. The molecule has 9 amide bonds. The van der Waals surface area contributed by atoms with Gasteiger partial charge in [0.1, 0.15) is 48.3 Å². The van der Waals surface area contributed by atoms with E-state index in [1.54, 1.807) is 42.7 Å². The Labute approximate surface area is 483 Å². The predicted molar refractivity (Wildman–Crippen MR) is 309 cm³/mol. The van der Waals surface area contributed by atoms with Gasteiger partial charge in [-0.05, 0) is 67.9 Å². The van der Waals surface area contributed by atoms with Crippen LogP contribution in [-0.2, 0) is 67.2 Å². The maximum Gasteiger partial charge on any atom is 0.327 e. The molecule has 2 aliphatic rings. The molecule has 2 saturated heterocycles. The number of carbonyl (C=O) groups is 10. The van der Waals surface area contributed by atoms with Crippen LogP contribution in [0.3, 0.4) is 0 Å². The molecule has 10 atom stereocenters. The molecule has 7 rings (SSSR count). The van der Waals surface area contributed by atoms with Crippen LogP contribution in [-0.4, -0.2) is 174 Å². The van der Waals surface area contributed by atoms with E-state index in [9.17, 15) is 43.8 Å². The van der Waals surface area contributed by atoms with Gasteiger partial charge in [0.25, 0.3) is 0 Å². The molecule has 26 heteroatoms. The summed E-state index contributed by atoms with van der Waals surface area (Å²) >= 11 is 8.13. The molecule has 0 saturated carbocycles. The molecule has 2 fully saturated rings. The fraction of sp³-hybridized carbons (Fsp3) is 0.429. The maximum atomic E-state index is 15.2. The first-order valence-corrected chi connectivity index (χ1v) is 28.3. The predicted octanol–water partition coefficient (Wildman–Crippen LogP) is -0.514. The van der Waals surface area contributed by atoms with E-state index < -0.39 is 126 Å². The molecule has 3 aromatic carbocycles. The van der Waals surface area contributed by atoms with E-state index in [0.29, 0.717) is 36.0 Å². The van der Waals surface area contributed by atoms with Crippen LogP contribution in [0, 0.1) is 0 Å². The van der Waals surface area contributed by atoms with Crippen LogP contribution in [0.1, 0.15) is 62.1 Å². The number of aliphatic hydroxyl groups excluding tert-OH is 1. The first kappa shape index (κ1) is 61.7. The second kappa shape index (κ2) is 28.7. The van der Waals surface area contributed by atoms with E-state index in [4.69, 9.17) is 11.5 Å². The third kappa shape index (κ3) is 15.5. The van der Waals surface area contributed by atoms with Gasteiger partial charge in [0, 0.05) is 84.5 Å². The number of carboxylic acid groups (broad SMARTS) is 1. The number of hydrogen-bond acceptors (Lipinski definition) is 14. The van der Waals surface area contributed by atoms with Crippen LogP contribution in [0.4, 0.5) is 0 Å². The Morgan fingerprint density at radius 3 is 1.60 bits per heavy atom. The zero-order chi connectivity index (χ0) is 59.2. The second-order valence-corrected chi connectivity index (χ2v) is 21.3. The van der Waals surface area contributed by atoms with E-state index in [-0.39, 0.29) is 56.7 Å². The summed E-state index contributed by atoms with van der Waals surface area (Å²) in [6, 6.07) is 11.6. The number of carboxylic acids is 1. The molecule has 5 aromatic rings. The van der Waals surface area contributed by atoms with Crippen LogP contribution in [0.5, 0.6) is 0 Å². The number of primary amides is 1. The number of aliphatic hydroxyl groups is 1. The van der Waals surface area contributed by atoms with E-state index in [1.165, 1.54) is 16.7 Å². The topological polar surface area (TPSA) is 373 Å². The number of hydrogen-bond donors (Lipinski definition) is 14. The summed E-state index contributed by atoms with van der Waals surface area (Å²) in [6.07, 6.45) is 2.08. The Morgan fingerprint density at radius 2 is 1.07 bits per heavy atom. The molecule has 438 valence electrons. The Balaban J connectivity index is 1.16. The maximum absolute atomic E-state index is 15.2. The fourth-order valence-corrected chi connectivity index (χ4v) is 10.8. The van der Waals surface area contributed by atoms with Gasteiger partial charge < -0.3 is 73.3 Å². The summed E-state index contributed by atoms with van der Waals surface area (Å²) in [6.45, 7) is 1.50. The van der Waals surface area contributed by atoms with Crippen molar-refractivity contribution in [2.75, 3.05) is 24.6 Å². The molecule has 0 radical (unpaired) electrons. The molecule has 82 heavy (non-hydrogen) atoms. The van der Waals surface area contributed by atoms with Gasteiger partial charge in [0.05, 0.1) is 12.1 Å². The highest BCUT2D eigenvalue weighted by atomic mass is 32.1. The molecule has 24 nitrogen and oxygen atoms in total. The lowest BCUT2D eigenvalue weighted by Gasteiger charge is -2.32. The highest BCUT2D eigenvalue weighted by Gasteiger charge is 2.42. The van der Waals surface area contributed by atoms with Crippen molar-refractivity contribution >= 4 is 106 Å². The van der Waals surface area contributed by atoms with Gasteiger partial charge in [-0.3, -0.25) is 43.2 Å². The van der Waals surface area contributed by atoms with Crippen LogP contribution < -0.4 is 43.4 Å². The average molecular weight is 1170 g/mol. The molecule has 0 unspecified atom stereocenters. The summed E-state index contributed by atoms with van der Waals surface area (Å²) in [7, 11) is 0. The zero-order valence-corrected chi connectivity index (χ0v) is 46.8. The standard InChI is InChI=1S/C56H70N12O12S2/c1-30(69)47(53(76)61-39(19-20-46(58)70)48(71)65-43(29-82)56(79)80)66-52(75)45-18-10-22-68(45)55(78)42(23-31-11-3-2-4-12-31)64-50(73)40(24-32-26-59-37-15-7-5-13-34(32)37)62-49(72)41(25-33-27-60-38-16-8-6-14-35(33)38)63-51(74)44-17-9-21-67(44)54(77)36(57)28-81/h2-8,11-16,26-27,30,36,39-45,47,59-60,69,81-82H,9-10,17-25,28-29,57H2,1H3,(H2,58,70)(H,61,76)(H,62,72)(H,63,74)(H,64,73)(H,65,71)(H,66,75)(H,79,80)/t30-,36-,39-,40-,41-,42-,43-,44-,45-,47-/m0/s1. The monoisotopic (exact) mass is 1170 g/mol. The van der Waals surface area contributed by atoms with Crippen molar-refractivity contribution in [2.24, 2.45) is 11.5 Å². The molecule has 0 spiro atoms. The lowest BCUT2D eigenvalue weighted by Crippen LogP contribution is -2.62. The van der Waals surface area contributed by atoms with Gasteiger partial charge in [-0.15, -0.1) is 0 Å². The zero-order valence-electron chi connectivity index (χ0n) is 45.0. The van der Waals surface area contributed by atoms with E-state index in [1.807, 2.05) is 48.5 Å². The Bertz CT molecular complexity index is 3140. The Kier molecular flexibility index (Phi) is 21.6. The number of fused-ring (bicyclic) bond motifs is 2. The Morgan fingerprint density at radius 1 is 0.598 bits per heavy atom. The molecular formula is C56H70N12O12S2. The van der Waals surface area contributed by atoms with Gasteiger partial charge in [0.2, 0.25) is 53.2 Å². The quantitative estimate of drug-likeness (QED) is 0.0295. The van der Waals surface area contributed by atoms with Gasteiger partial charge in [-0.25, -0.2) is 4.79 Å². The van der Waals surface area contributed by atoms with Gasteiger partial charge >= 0.3 is 5.97 Å². The number of nitrogens with zero attached hydrogens (tertiary/aromatic N) is 2. The Hall–Kier alpha value is -7.94. The van der Waals surface area contributed by atoms with Gasteiger partial charge in [-0.1, -0.05) is 66.7 Å². The number of thiol groups is 2. The normalized spacial score (nSPS) is 18.0. The van der Waals surface area contributed by atoms with Crippen LogP contribution >= 0.6 is 25.3 Å². The van der Waals surface area contributed by atoms with E-state index >= 15 is 14.4 Å². The number of amides is 9. The number of aromatic amines is 2. The average Bonchev–Trinajstić information content (AvgIpc) is 4.38. The van der Waals surface area contributed by atoms with Crippen LogP contribution in [0.2, 0.25) is 0 Å². The number of aliphatic carboxylic acids is 1. The van der Waals surface area contributed by atoms with Crippen LogP contribution in [0.15, 0.2) is 91.3 Å². The fourth-order valence-electron chi connectivity index (χ4n) is 10.3. The number of nitrogens with one attached hydrogen (secondary N) is 8. The summed E-state index contributed by atoms with van der Waals surface area (Å²) in [4.78, 5) is 147. The third-order valence-electron chi connectivity index (χ3n) is 14.7. The van der Waals surface area contributed by atoms with Crippen molar-refractivity contribution in [3.05, 3.63) is 108 Å². The summed E-state index contributed by atoms with van der Waals surface area (Å²) < 4.78 is 0. The summed E-state index contributed by atoms with van der Waals surface area (Å²) in [5.74, 6) is -8.73. The first-order chi connectivity index (χ1) is 39.3. The number of benzene rings is 3. The number of H-pyrrole nitrogens is 2. The molecule has 14 N–H and O–H groups in total. The molecule has 0 bridgehead atoms. The lowest BCUT2D eigenvalue weighted by molar-refractivity contribution is -0.143. The van der Waals surface area contributed by atoms with Crippen molar-refractivity contribution in [1.29, 1.82) is 0 Å². The minimum atomic E-state index is -1.73. The van der Waals surface area contributed by atoms with Crippen molar-refractivity contribution in [3.8, 4) is 0 Å². The highest BCUT2D eigenvalue weighted by molar-refractivity contribution is 7.80. The highest BCUT2D eigenvalue weighted by Crippen LogP contribution is 2.25. The summed E-state index contributed by atoms with van der Waals surface area (Å²) in [5, 5.41) is 37.6. The largest absolute Gasteiger partial charge is 0.480 e. The number of likely N-dealkylation sites (tertiary alicyclic amines) is 2. The molecule has 0 aliphatic carbocycles. The van der Waals surface area contributed by atoms with Gasteiger partial charge in [0.15, 0.2) is 0 Å². The van der Waals surface area contributed by atoms with E-state index in [0.717, 1.165) is 21.8 Å². The number of aromatic nitrogens is 2. The van der Waals surface area contributed by atoms with Crippen LogP contribution in [0.25, 0.3) is 21.8 Å². The molecular weight excluding hydrogens is 1100 g/mol. The molecule has 4 heterocycles. The van der Waals surface area contributed by atoms with Crippen molar-refractivity contribution in [3.63, 3.8) is 0 Å². The van der Waals surface area contributed by atoms with Crippen molar-refractivity contribution in [1.82, 2.24) is 51.7 Å². The van der Waals surface area contributed by atoms with Gasteiger partial charge in [-0.2, -0.15) is 25.3 Å². The first-order valence-electron chi connectivity index (χ1n) is 27.0. The smallest absolute Gasteiger partial charge is 0.327 e.